The fraction of sp³-hybridized carbons (Fsp3) is 0.611. The Kier molecular flexibility index (Phi) is 6.80. The predicted molar refractivity (Wildman–Crippen MR) is 95.5 cm³/mol. The van der Waals surface area contributed by atoms with Crippen molar-refractivity contribution in [3.8, 4) is 0 Å². The number of sulfonamides is 1. The van der Waals surface area contributed by atoms with Crippen molar-refractivity contribution < 1.29 is 13.2 Å². The van der Waals surface area contributed by atoms with Crippen LogP contribution in [0.2, 0.25) is 0 Å². The Morgan fingerprint density at radius 2 is 1.71 bits per heavy atom. The molecule has 134 valence electrons. The number of hydrogen-bond acceptors (Lipinski definition) is 3. The van der Waals surface area contributed by atoms with Crippen molar-refractivity contribution in [1.29, 1.82) is 0 Å². The van der Waals surface area contributed by atoms with Gasteiger partial charge in [0.2, 0.25) is 10.0 Å². The average molecular weight is 353 g/mol. The van der Waals surface area contributed by atoms with Crippen molar-refractivity contribution in [2.75, 3.05) is 26.2 Å². The lowest BCUT2D eigenvalue weighted by molar-refractivity contribution is 0.0724. The van der Waals surface area contributed by atoms with Gasteiger partial charge in [-0.25, -0.2) is 8.42 Å². The topological polar surface area (TPSA) is 57.7 Å². The van der Waals surface area contributed by atoms with E-state index >= 15 is 0 Å². The number of likely N-dealkylation sites (tertiary alicyclic amines) is 1. The van der Waals surface area contributed by atoms with E-state index in [9.17, 15) is 13.2 Å². The van der Waals surface area contributed by atoms with Gasteiger partial charge in [-0.15, -0.1) is 0 Å². The lowest BCUT2D eigenvalue weighted by atomic mass is 10.1. The van der Waals surface area contributed by atoms with Gasteiger partial charge in [0.15, 0.2) is 0 Å². The summed E-state index contributed by atoms with van der Waals surface area (Å²) >= 11 is 0. The van der Waals surface area contributed by atoms with E-state index in [0.717, 1.165) is 45.2 Å². The molecule has 0 aromatic heterocycles. The summed E-state index contributed by atoms with van der Waals surface area (Å²) in [4.78, 5) is 14.7. The highest BCUT2D eigenvalue weighted by atomic mass is 32.2. The minimum absolute atomic E-state index is 0.0655. The number of carbonyl (C=O) groups excluding carboxylic acids is 1. The van der Waals surface area contributed by atoms with Gasteiger partial charge in [-0.05, 0) is 50.3 Å². The third-order valence-electron chi connectivity index (χ3n) is 4.31. The van der Waals surface area contributed by atoms with Crippen LogP contribution in [0.1, 0.15) is 56.3 Å². The first kappa shape index (κ1) is 18.9. The van der Waals surface area contributed by atoms with Crippen LogP contribution in [-0.2, 0) is 10.0 Å². The lowest BCUT2D eigenvalue weighted by Crippen LogP contribution is -2.36. The Balaban J connectivity index is 2.26. The van der Waals surface area contributed by atoms with Crippen LogP contribution in [0.15, 0.2) is 29.2 Å². The summed E-state index contributed by atoms with van der Waals surface area (Å²) < 4.78 is 27.2. The first-order valence-corrected chi connectivity index (χ1v) is 10.3. The Hall–Kier alpha value is -1.40. The van der Waals surface area contributed by atoms with E-state index < -0.39 is 10.0 Å². The Morgan fingerprint density at radius 3 is 2.29 bits per heavy atom. The van der Waals surface area contributed by atoms with E-state index in [1.807, 2.05) is 18.7 Å². The molecule has 0 saturated carbocycles. The number of piperidine rings is 1. The summed E-state index contributed by atoms with van der Waals surface area (Å²) in [5.74, 6) is -0.0655. The molecule has 0 atom stereocenters. The van der Waals surface area contributed by atoms with Gasteiger partial charge in [0.25, 0.3) is 5.91 Å². The normalized spacial score (nSPS) is 15.7. The summed E-state index contributed by atoms with van der Waals surface area (Å²) in [6.45, 7) is 6.45. The second-order valence-corrected chi connectivity index (χ2v) is 8.22. The zero-order chi connectivity index (χ0) is 17.6. The quantitative estimate of drug-likeness (QED) is 0.757. The highest BCUT2D eigenvalue weighted by molar-refractivity contribution is 7.89. The van der Waals surface area contributed by atoms with Crippen LogP contribution in [0, 0.1) is 0 Å². The van der Waals surface area contributed by atoms with E-state index in [1.54, 1.807) is 18.2 Å². The summed E-state index contributed by atoms with van der Waals surface area (Å²) in [5.41, 5.74) is 0.464. The molecule has 1 saturated heterocycles. The van der Waals surface area contributed by atoms with Crippen molar-refractivity contribution in [1.82, 2.24) is 9.21 Å². The molecular weight excluding hydrogens is 324 g/mol. The fourth-order valence-corrected chi connectivity index (χ4v) is 4.74. The maximum atomic E-state index is 12.9. The van der Waals surface area contributed by atoms with Gasteiger partial charge in [0, 0.05) is 31.7 Å². The van der Waals surface area contributed by atoms with E-state index in [-0.39, 0.29) is 10.8 Å². The van der Waals surface area contributed by atoms with E-state index in [0.29, 0.717) is 18.7 Å². The maximum absolute atomic E-state index is 12.9. The molecule has 0 radical (unpaired) electrons. The van der Waals surface area contributed by atoms with Gasteiger partial charge >= 0.3 is 0 Å². The van der Waals surface area contributed by atoms with Crippen LogP contribution in [0.4, 0.5) is 0 Å². The van der Waals surface area contributed by atoms with Gasteiger partial charge in [-0.2, -0.15) is 4.31 Å². The summed E-state index contributed by atoms with van der Waals surface area (Å²) in [6.07, 6.45) is 4.73. The van der Waals surface area contributed by atoms with Crippen LogP contribution in [0.5, 0.6) is 0 Å². The third-order valence-corrected chi connectivity index (χ3v) is 6.20. The van der Waals surface area contributed by atoms with Gasteiger partial charge in [-0.1, -0.05) is 19.9 Å². The summed E-state index contributed by atoms with van der Waals surface area (Å²) in [6, 6.07) is 6.49. The molecule has 0 aliphatic carbocycles. The highest BCUT2D eigenvalue weighted by Crippen LogP contribution is 2.20. The molecule has 0 unspecified atom stereocenters. The first-order valence-electron chi connectivity index (χ1n) is 8.90. The van der Waals surface area contributed by atoms with Gasteiger partial charge in [0.05, 0.1) is 4.90 Å². The highest BCUT2D eigenvalue weighted by Gasteiger charge is 2.25. The zero-order valence-electron chi connectivity index (χ0n) is 14.7. The molecule has 1 aromatic carbocycles. The largest absolute Gasteiger partial charge is 0.339 e. The van der Waals surface area contributed by atoms with E-state index in [1.165, 1.54) is 10.4 Å². The minimum atomic E-state index is -3.55. The number of benzene rings is 1. The monoisotopic (exact) mass is 352 g/mol. The van der Waals surface area contributed by atoms with Crippen molar-refractivity contribution in [2.24, 2.45) is 0 Å². The molecule has 1 fully saturated rings. The molecule has 0 bridgehead atoms. The summed E-state index contributed by atoms with van der Waals surface area (Å²) in [7, 11) is -3.55. The van der Waals surface area contributed by atoms with Crippen molar-refractivity contribution in [3.05, 3.63) is 29.8 Å². The Labute approximate surface area is 145 Å². The molecule has 1 aliphatic rings. The molecule has 0 N–H and O–H groups in total. The number of carbonyl (C=O) groups is 1. The number of hydrogen-bond donors (Lipinski definition) is 0. The van der Waals surface area contributed by atoms with Crippen molar-refractivity contribution in [3.63, 3.8) is 0 Å². The van der Waals surface area contributed by atoms with Gasteiger partial charge in [0.1, 0.15) is 0 Å². The lowest BCUT2D eigenvalue weighted by Gasteiger charge is -2.27. The maximum Gasteiger partial charge on any atom is 0.253 e. The zero-order valence-corrected chi connectivity index (χ0v) is 15.5. The Morgan fingerprint density at radius 1 is 1.08 bits per heavy atom. The fourth-order valence-electron chi connectivity index (χ4n) is 3.07. The van der Waals surface area contributed by atoms with Crippen LogP contribution in [0.3, 0.4) is 0 Å². The van der Waals surface area contributed by atoms with Gasteiger partial charge in [-0.3, -0.25) is 4.79 Å². The van der Waals surface area contributed by atoms with Gasteiger partial charge < -0.3 is 4.90 Å². The molecular formula is C18H28N2O3S. The van der Waals surface area contributed by atoms with Crippen LogP contribution in [0.25, 0.3) is 0 Å². The second kappa shape index (κ2) is 8.62. The third kappa shape index (κ3) is 4.36. The number of nitrogens with zero attached hydrogens (tertiary/aromatic N) is 2. The molecule has 1 aromatic rings. The minimum Gasteiger partial charge on any atom is -0.339 e. The molecule has 6 heteroatoms. The van der Waals surface area contributed by atoms with Crippen molar-refractivity contribution in [2.45, 2.75) is 50.8 Å². The van der Waals surface area contributed by atoms with E-state index in [4.69, 9.17) is 0 Å². The molecule has 1 aliphatic heterocycles. The summed E-state index contributed by atoms with van der Waals surface area (Å²) in [5, 5.41) is 0. The molecule has 24 heavy (non-hydrogen) atoms. The number of amides is 1. The van der Waals surface area contributed by atoms with Crippen molar-refractivity contribution >= 4 is 15.9 Å². The molecule has 2 rings (SSSR count). The first-order chi connectivity index (χ1) is 11.5. The molecule has 0 spiro atoms. The molecule has 5 nitrogen and oxygen atoms in total. The van der Waals surface area contributed by atoms with Crippen LogP contribution < -0.4 is 0 Å². The average Bonchev–Trinajstić information content (AvgIpc) is 2.61. The predicted octanol–water partition coefficient (Wildman–Crippen LogP) is 3.12. The standard InChI is InChI=1S/C18H28N2O3S/c1-3-11-20(12-4-2)24(22,23)17-10-8-9-16(15-17)18(21)19-13-6-5-7-14-19/h8-10,15H,3-7,11-14H2,1-2H3. The SMILES string of the molecule is CCCN(CCC)S(=O)(=O)c1cccc(C(=O)N2CCCCC2)c1. The van der Waals surface area contributed by atoms with Crippen LogP contribution >= 0.6 is 0 Å². The second-order valence-electron chi connectivity index (χ2n) is 6.28. The smallest absolute Gasteiger partial charge is 0.253 e. The molecule has 1 amide bonds. The van der Waals surface area contributed by atoms with E-state index in [2.05, 4.69) is 0 Å². The van der Waals surface area contributed by atoms with Crippen LogP contribution in [-0.4, -0.2) is 49.7 Å². The molecule has 1 heterocycles. The Bertz CT molecular complexity index is 646. The number of rotatable bonds is 7.